The van der Waals surface area contributed by atoms with Crippen molar-refractivity contribution in [1.82, 2.24) is 25.1 Å². The van der Waals surface area contributed by atoms with Gasteiger partial charge < -0.3 is 0 Å². The maximum atomic E-state index is 4.47. The van der Waals surface area contributed by atoms with Crippen molar-refractivity contribution >= 4 is 0 Å². The summed E-state index contributed by atoms with van der Waals surface area (Å²) in [5.41, 5.74) is 4.51. The van der Waals surface area contributed by atoms with Gasteiger partial charge in [-0.3, -0.25) is 20.0 Å². The molecule has 0 saturated carbocycles. The molecule has 0 aromatic carbocycles. The molecular formula is C19H21N5. The molecule has 0 unspecified atom stereocenters. The van der Waals surface area contributed by atoms with Crippen LogP contribution in [-0.4, -0.2) is 38.2 Å². The van der Waals surface area contributed by atoms with Crippen LogP contribution in [-0.2, 0) is 6.54 Å². The Hall–Kier alpha value is -2.53. The van der Waals surface area contributed by atoms with Crippen LogP contribution in [0.2, 0.25) is 0 Å². The molecule has 122 valence electrons. The van der Waals surface area contributed by atoms with E-state index in [4.69, 9.17) is 0 Å². The number of nitrogens with zero attached hydrogens (tertiary/aromatic N) is 4. The Balaban J connectivity index is 1.37. The van der Waals surface area contributed by atoms with Crippen molar-refractivity contribution in [2.24, 2.45) is 0 Å². The molecule has 4 rings (SSSR count). The van der Waals surface area contributed by atoms with E-state index in [0.717, 1.165) is 49.4 Å². The predicted octanol–water partition coefficient (Wildman–Crippen LogP) is 3.25. The van der Waals surface area contributed by atoms with E-state index in [1.165, 1.54) is 5.69 Å². The predicted molar refractivity (Wildman–Crippen MR) is 93.3 cm³/mol. The van der Waals surface area contributed by atoms with E-state index >= 15 is 0 Å². The molecule has 0 radical (unpaired) electrons. The molecule has 0 amide bonds. The standard InChI is InChI=1S/C19H21N5/c1-2-8-21-17(3-1)14-24-11-6-16(7-12-24)19-13-18(22-23-19)15-4-9-20-10-5-15/h1-5,8-10,13,16H,6-7,11-12,14H2,(H,22,23). The first-order valence-corrected chi connectivity index (χ1v) is 8.46. The van der Waals surface area contributed by atoms with Gasteiger partial charge in [0.25, 0.3) is 0 Å². The summed E-state index contributed by atoms with van der Waals surface area (Å²) >= 11 is 0. The number of aromatic nitrogens is 4. The molecule has 0 spiro atoms. The third-order valence-electron chi connectivity index (χ3n) is 4.71. The highest BCUT2D eigenvalue weighted by Crippen LogP contribution is 2.29. The average Bonchev–Trinajstić information content (AvgIpc) is 3.14. The van der Waals surface area contributed by atoms with Crippen LogP contribution in [0.5, 0.6) is 0 Å². The summed E-state index contributed by atoms with van der Waals surface area (Å²) in [5, 5.41) is 7.71. The summed E-state index contributed by atoms with van der Waals surface area (Å²) in [6, 6.07) is 12.3. The highest BCUT2D eigenvalue weighted by Gasteiger charge is 2.22. The molecule has 3 aromatic heterocycles. The van der Waals surface area contributed by atoms with Crippen LogP contribution in [0.4, 0.5) is 0 Å². The monoisotopic (exact) mass is 319 g/mol. The molecule has 1 aliphatic rings. The van der Waals surface area contributed by atoms with Gasteiger partial charge in [-0.15, -0.1) is 0 Å². The lowest BCUT2D eigenvalue weighted by atomic mass is 9.93. The van der Waals surface area contributed by atoms with Crippen LogP contribution in [0.1, 0.15) is 30.1 Å². The summed E-state index contributed by atoms with van der Waals surface area (Å²) in [6.07, 6.45) is 7.79. The van der Waals surface area contributed by atoms with E-state index in [1.54, 1.807) is 12.4 Å². The molecule has 5 nitrogen and oxygen atoms in total. The Bertz CT molecular complexity index is 761. The Morgan fingerprint density at radius 1 is 1.04 bits per heavy atom. The van der Waals surface area contributed by atoms with Gasteiger partial charge in [0.05, 0.1) is 11.4 Å². The van der Waals surface area contributed by atoms with Crippen LogP contribution in [0, 0.1) is 0 Å². The van der Waals surface area contributed by atoms with Gasteiger partial charge in [-0.25, -0.2) is 0 Å². The minimum absolute atomic E-state index is 0.563. The molecule has 0 bridgehead atoms. The Morgan fingerprint density at radius 2 is 1.88 bits per heavy atom. The van der Waals surface area contributed by atoms with Gasteiger partial charge in [-0.1, -0.05) is 6.07 Å². The minimum Gasteiger partial charge on any atom is -0.297 e. The second-order valence-electron chi connectivity index (χ2n) is 6.32. The number of hydrogen-bond donors (Lipinski definition) is 1. The maximum Gasteiger partial charge on any atom is 0.0924 e. The van der Waals surface area contributed by atoms with Gasteiger partial charge in [0.15, 0.2) is 0 Å². The number of nitrogens with one attached hydrogen (secondary N) is 1. The highest BCUT2D eigenvalue weighted by molar-refractivity contribution is 5.58. The number of likely N-dealkylation sites (tertiary alicyclic amines) is 1. The normalized spacial score (nSPS) is 16.3. The first-order chi connectivity index (χ1) is 11.9. The number of H-pyrrole nitrogens is 1. The maximum absolute atomic E-state index is 4.47. The number of aromatic amines is 1. The van der Waals surface area contributed by atoms with Crippen LogP contribution in [0.25, 0.3) is 11.3 Å². The number of rotatable bonds is 4. The molecule has 0 atom stereocenters. The summed E-state index contributed by atoms with van der Waals surface area (Å²) in [7, 11) is 0. The fourth-order valence-electron chi connectivity index (χ4n) is 3.34. The third kappa shape index (κ3) is 3.36. The fourth-order valence-corrected chi connectivity index (χ4v) is 3.34. The van der Waals surface area contributed by atoms with Crippen LogP contribution < -0.4 is 0 Å². The lowest BCUT2D eigenvalue weighted by Crippen LogP contribution is -2.32. The van der Waals surface area contributed by atoms with E-state index in [9.17, 15) is 0 Å². The van der Waals surface area contributed by atoms with Crippen molar-refractivity contribution < 1.29 is 0 Å². The second kappa shape index (κ2) is 6.93. The van der Waals surface area contributed by atoms with Crippen LogP contribution in [0.3, 0.4) is 0 Å². The lowest BCUT2D eigenvalue weighted by Gasteiger charge is -2.31. The molecule has 1 aliphatic heterocycles. The molecule has 3 aromatic rings. The third-order valence-corrected chi connectivity index (χ3v) is 4.71. The highest BCUT2D eigenvalue weighted by atomic mass is 15.1. The number of pyridine rings is 2. The van der Waals surface area contributed by atoms with Crippen LogP contribution >= 0.6 is 0 Å². The Labute approximate surface area is 141 Å². The zero-order valence-electron chi connectivity index (χ0n) is 13.6. The van der Waals surface area contributed by atoms with Gasteiger partial charge in [-0.2, -0.15) is 5.10 Å². The quantitative estimate of drug-likeness (QED) is 0.802. The zero-order valence-corrected chi connectivity index (χ0v) is 13.6. The van der Waals surface area contributed by atoms with Crippen molar-refractivity contribution in [1.29, 1.82) is 0 Å². The van der Waals surface area contributed by atoms with Crippen molar-refractivity contribution in [3.63, 3.8) is 0 Å². The van der Waals surface area contributed by atoms with E-state index in [2.05, 4.69) is 43.3 Å². The van der Waals surface area contributed by atoms with Crippen molar-refractivity contribution in [2.75, 3.05) is 13.1 Å². The van der Waals surface area contributed by atoms with Crippen molar-refractivity contribution in [2.45, 2.75) is 25.3 Å². The van der Waals surface area contributed by atoms with Gasteiger partial charge in [-0.05, 0) is 56.3 Å². The average molecular weight is 319 g/mol. The number of hydrogen-bond acceptors (Lipinski definition) is 4. The largest absolute Gasteiger partial charge is 0.297 e. The van der Waals surface area contributed by atoms with Crippen molar-refractivity contribution in [3.8, 4) is 11.3 Å². The molecule has 1 N–H and O–H groups in total. The Kier molecular flexibility index (Phi) is 4.34. The van der Waals surface area contributed by atoms with Gasteiger partial charge in [0, 0.05) is 42.3 Å². The second-order valence-corrected chi connectivity index (χ2v) is 6.32. The van der Waals surface area contributed by atoms with E-state index < -0.39 is 0 Å². The topological polar surface area (TPSA) is 57.7 Å². The van der Waals surface area contributed by atoms with E-state index in [1.807, 2.05) is 24.4 Å². The smallest absolute Gasteiger partial charge is 0.0924 e. The first kappa shape index (κ1) is 15.0. The molecule has 5 heteroatoms. The van der Waals surface area contributed by atoms with E-state index in [0.29, 0.717) is 5.92 Å². The lowest BCUT2D eigenvalue weighted by molar-refractivity contribution is 0.201. The molecule has 1 fully saturated rings. The summed E-state index contributed by atoms with van der Waals surface area (Å²) in [4.78, 5) is 11.0. The fraction of sp³-hybridized carbons (Fsp3) is 0.316. The zero-order chi connectivity index (χ0) is 16.2. The first-order valence-electron chi connectivity index (χ1n) is 8.46. The van der Waals surface area contributed by atoms with E-state index in [-0.39, 0.29) is 0 Å². The summed E-state index contributed by atoms with van der Waals surface area (Å²) in [6.45, 7) is 3.15. The van der Waals surface area contributed by atoms with Crippen molar-refractivity contribution in [3.05, 3.63) is 66.4 Å². The molecular weight excluding hydrogens is 298 g/mol. The van der Waals surface area contributed by atoms with Gasteiger partial charge >= 0.3 is 0 Å². The molecule has 0 aliphatic carbocycles. The molecule has 1 saturated heterocycles. The summed E-state index contributed by atoms with van der Waals surface area (Å²) < 4.78 is 0. The molecule has 24 heavy (non-hydrogen) atoms. The minimum atomic E-state index is 0.563. The van der Waals surface area contributed by atoms with Gasteiger partial charge in [0.1, 0.15) is 0 Å². The Morgan fingerprint density at radius 3 is 2.62 bits per heavy atom. The van der Waals surface area contributed by atoms with Crippen LogP contribution in [0.15, 0.2) is 55.0 Å². The number of piperidine rings is 1. The SMILES string of the molecule is c1ccc(CN2CCC(c3cc(-c4ccncc4)n[nH]3)CC2)nc1. The van der Waals surface area contributed by atoms with Gasteiger partial charge in [0.2, 0.25) is 0 Å². The molecule has 4 heterocycles. The summed E-state index contributed by atoms with van der Waals surface area (Å²) in [5.74, 6) is 0.563.